The minimum Gasteiger partial charge on any atom is -0.507 e. The fourth-order valence-corrected chi connectivity index (χ4v) is 6.47. The van der Waals surface area contributed by atoms with Gasteiger partial charge in [0.25, 0.3) is 0 Å². The fourth-order valence-electron chi connectivity index (χ4n) is 6.47. The van der Waals surface area contributed by atoms with Crippen molar-refractivity contribution in [2.24, 2.45) is 29.4 Å². The van der Waals surface area contributed by atoms with Crippen LogP contribution in [0.4, 0.5) is 0 Å². The summed E-state index contributed by atoms with van der Waals surface area (Å²) in [6, 6.07) is 3.62. The van der Waals surface area contributed by atoms with Crippen LogP contribution in [-0.2, 0) is 20.8 Å². The Balaban J connectivity index is 1.66. The predicted octanol–water partition coefficient (Wildman–Crippen LogP) is -0.884. The molecule has 7 atom stereocenters. The van der Waals surface area contributed by atoms with Gasteiger partial charge in [-0.1, -0.05) is 0 Å². The van der Waals surface area contributed by atoms with Gasteiger partial charge in [-0.25, -0.2) is 9.97 Å². The summed E-state index contributed by atoms with van der Waals surface area (Å²) >= 11 is 0. The van der Waals surface area contributed by atoms with E-state index in [9.17, 15) is 34.5 Å². The van der Waals surface area contributed by atoms with Crippen molar-refractivity contribution in [3.05, 3.63) is 41.7 Å². The van der Waals surface area contributed by atoms with E-state index in [0.717, 1.165) is 0 Å². The largest absolute Gasteiger partial charge is 0.507 e. The molecule has 188 valence electrons. The van der Waals surface area contributed by atoms with Gasteiger partial charge in [-0.2, -0.15) is 0 Å². The van der Waals surface area contributed by atoms with Crippen molar-refractivity contribution >= 4 is 23.3 Å². The molecular weight excluding hydrogens is 468 g/mol. The molecule has 1 aromatic heterocycles. The van der Waals surface area contributed by atoms with Gasteiger partial charge in [0.05, 0.1) is 17.6 Å². The van der Waals surface area contributed by atoms with Crippen LogP contribution in [0.2, 0.25) is 0 Å². The van der Waals surface area contributed by atoms with Crippen LogP contribution in [0, 0.1) is 23.7 Å². The molecule has 36 heavy (non-hydrogen) atoms. The zero-order chi connectivity index (χ0) is 26.1. The second kappa shape index (κ2) is 8.26. The third-order valence-electron chi connectivity index (χ3n) is 7.98. The van der Waals surface area contributed by atoms with Gasteiger partial charge in [-0.15, -0.1) is 0 Å². The maximum absolute atomic E-state index is 13.8. The van der Waals surface area contributed by atoms with E-state index in [4.69, 9.17) is 5.73 Å². The highest BCUT2D eigenvalue weighted by Gasteiger charge is 2.69. The van der Waals surface area contributed by atoms with Crippen LogP contribution in [-0.4, -0.2) is 85.3 Å². The number of primary amides is 1. The number of fused-ring (bicyclic) bond motifs is 3. The molecule has 0 bridgehead atoms. The number of phenols is 1. The normalized spacial score (nSPS) is 33.6. The number of phenolic OH excluding ortho intramolecular Hbond substituents is 1. The van der Waals surface area contributed by atoms with E-state index in [-0.39, 0.29) is 24.2 Å². The summed E-state index contributed by atoms with van der Waals surface area (Å²) in [4.78, 5) is 62.9. The molecule has 1 aromatic carbocycles. The number of carbonyl (C=O) groups is 4. The summed E-state index contributed by atoms with van der Waals surface area (Å²) in [5.74, 6) is -9.01. The first kappa shape index (κ1) is 24.2. The van der Waals surface area contributed by atoms with Gasteiger partial charge in [-0.05, 0) is 56.6 Å². The maximum atomic E-state index is 13.8. The zero-order valence-electron chi connectivity index (χ0n) is 19.7. The van der Waals surface area contributed by atoms with Crippen LogP contribution in [0.5, 0.6) is 5.75 Å². The van der Waals surface area contributed by atoms with E-state index in [0.29, 0.717) is 17.0 Å². The van der Waals surface area contributed by atoms with Gasteiger partial charge in [0, 0.05) is 29.9 Å². The van der Waals surface area contributed by atoms with E-state index in [2.05, 4.69) is 9.97 Å². The Morgan fingerprint density at radius 2 is 1.81 bits per heavy atom. The van der Waals surface area contributed by atoms with E-state index >= 15 is 0 Å². The lowest BCUT2D eigenvalue weighted by molar-refractivity contribution is -0.190. The standard InChI is InChI=1S/C25H26N4O7/c1-29(2)18-13-9-10-8-12-11(24-27-6-3-7-28-24)4-5-14(30)16(12)19(31)15(10)21(33)25(13,36)22(34)17(20(18)32)23(26)35/h3-7,10,13,15,17-18,20,30,32,36H,8-9H2,1-2H3,(H2,26,35)/t10-,13-,15?,17?,18-,20?,25-/m1/s1. The summed E-state index contributed by atoms with van der Waals surface area (Å²) < 4.78 is 0. The lowest BCUT2D eigenvalue weighted by Crippen LogP contribution is -2.75. The summed E-state index contributed by atoms with van der Waals surface area (Å²) in [5, 5.41) is 33.1. The molecule has 5 rings (SSSR count). The molecule has 0 aliphatic heterocycles. The number of hydrogen-bond donors (Lipinski definition) is 4. The Labute approximate surface area is 206 Å². The summed E-state index contributed by atoms with van der Waals surface area (Å²) in [7, 11) is 3.20. The average molecular weight is 495 g/mol. The van der Waals surface area contributed by atoms with Crippen molar-refractivity contribution in [2.45, 2.75) is 30.6 Å². The first-order valence-corrected chi connectivity index (χ1v) is 11.6. The molecule has 0 spiro atoms. The number of aromatic hydroxyl groups is 1. The quantitative estimate of drug-likeness (QED) is 0.391. The zero-order valence-corrected chi connectivity index (χ0v) is 19.7. The van der Waals surface area contributed by atoms with Gasteiger partial charge in [0.15, 0.2) is 28.8 Å². The molecule has 0 saturated heterocycles. The molecule has 5 N–H and O–H groups in total. The Morgan fingerprint density at radius 3 is 2.42 bits per heavy atom. The number of likely N-dealkylation sites (N-methyl/N-ethyl adjacent to an activating group) is 1. The first-order valence-electron chi connectivity index (χ1n) is 11.6. The maximum Gasteiger partial charge on any atom is 0.230 e. The number of amides is 1. The number of Topliss-reactive ketones (excluding diaryl/α,β-unsaturated/α-hetero) is 3. The molecule has 11 nitrogen and oxygen atoms in total. The molecule has 11 heteroatoms. The Morgan fingerprint density at radius 1 is 1.14 bits per heavy atom. The molecule has 1 heterocycles. The van der Waals surface area contributed by atoms with E-state index in [1.54, 1.807) is 43.5 Å². The summed E-state index contributed by atoms with van der Waals surface area (Å²) in [6.45, 7) is 0. The van der Waals surface area contributed by atoms with Gasteiger partial charge in [0.1, 0.15) is 11.7 Å². The number of nitrogens with two attached hydrogens (primary N) is 1. The Bertz CT molecular complexity index is 1300. The molecular formula is C25H26N4O7. The molecule has 3 unspecified atom stereocenters. The highest BCUT2D eigenvalue weighted by atomic mass is 16.3. The van der Waals surface area contributed by atoms with Crippen LogP contribution >= 0.6 is 0 Å². The minimum absolute atomic E-state index is 0.0416. The molecule has 0 radical (unpaired) electrons. The van der Waals surface area contributed by atoms with E-state index in [1.807, 2.05) is 0 Å². The van der Waals surface area contributed by atoms with Crippen LogP contribution in [0.3, 0.4) is 0 Å². The van der Waals surface area contributed by atoms with Gasteiger partial charge in [-0.3, -0.25) is 19.2 Å². The Kier molecular flexibility index (Phi) is 5.54. The molecule has 3 aliphatic rings. The second-order valence-electron chi connectivity index (χ2n) is 10.0. The summed E-state index contributed by atoms with van der Waals surface area (Å²) in [6.07, 6.45) is 1.77. The van der Waals surface area contributed by atoms with Crippen molar-refractivity contribution in [1.82, 2.24) is 14.9 Å². The highest BCUT2D eigenvalue weighted by molar-refractivity contribution is 6.25. The van der Waals surface area contributed by atoms with E-state index < -0.39 is 64.7 Å². The van der Waals surface area contributed by atoms with Gasteiger partial charge < -0.3 is 26.0 Å². The Hall–Kier alpha value is -3.54. The van der Waals surface area contributed by atoms with Crippen LogP contribution < -0.4 is 5.73 Å². The predicted molar refractivity (Wildman–Crippen MR) is 123 cm³/mol. The van der Waals surface area contributed by atoms with Crippen LogP contribution in [0.25, 0.3) is 11.4 Å². The highest BCUT2D eigenvalue weighted by Crippen LogP contribution is 2.52. The molecule has 2 saturated carbocycles. The lowest BCUT2D eigenvalue weighted by atomic mass is 9.52. The molecule has 1 amide bonds. The topological polar surface area (TPSA) is 184 Å². The van der Waals surface area contributed by atoms with Crippen molar-refractivity contribution in [2.75, 3.05) is 14.1 Å². The third-order valence-corrected chi connectivity index (χ3v) is 7.98. The second-order valence-corrected chi connectivity index (χ2v) is 10.0. The van der Waals surface area contributed by atoms with Gasteiger partial charge >= 0.3 is 0 Å². The number of carbonyl (C=O) groups excluding carboxylic acids is 4. The SMILES string of the molecule is CN(C)[C@H]1C(O)C(C(N)=O)C(=O)[C@]2(O)C(=O)C3C(=O)c4c(O)ccc(-c5ncccn5)c4C[C@@H]3C[C@H]12. The number of hydrogen-bond acceptors (Lipinski definition) is 10. The summed E-state index contributed by atoms with van der Waals surface area (Å²) in [5.41, 5.74) is 3.63. The number of benzene rings is 1. The minimum atomic E-state index is -2.68. The number of aliphatic hydroxyl groups excluding tert-OH is 1. The number of aromatic nitrogens is 2. The average Bonchev–Trinajstić information content (AvgIpc) is 2.81. The number of rotatable bonds is 3. The van der Waals surface area contributed by atoms with Gasteiger partial charge in [0.2, 0.25) is 5.91 Å². The molecule has 2 fully saturated rings. The van der Waals surface area contributed by atoms with E-state index in [1.165, 1.54) is 6.07 Å². The van der Waals surface area contributed by atoms with Crippen molar-refractivity contribution in [3.63, 3.8) is 0 Å². The van der Waals surface area contributed by atoms with Crippen molar-refractivity contribution in [1.29, 1.82) is 0 Å². The fraction of sp³-hybridized carbons (Fsp3) is 0.440. The third kappa shape index (κ3) is 3.16. The van der Waals surface area contributed by atoms with Crippen molar-refractivity contribution in [3.8, 4) is 17.1 Å². The molecule has 2 aromatic rings. The van der Waals surface area contributed by atoms with Crippen LogP contribution in [0.15, 0.2) is 30.6 Å². The monoisotopic (exact) mass is 494 g/mol. The number of nitrogens with zero attached hydrogens (tertiary/aromatic N) is 3. The number of aliphatic hydroxyl groups is 2. The van der Waals surface area contributed by atoms with Crippen molar-refractivity contribution < 1.29 is 34.5 Å². The number of ketones is 3. The smallest absolute Gasteiger partial charge is 0.230 e. The molecule has 3 aliphatic carbocycles. The van der Waals surface area contributed by atoms with Crippen LogP contribution in [0.1, 0.15) is 22.3 Å². The first-order chi connectivity index (χ1) is 17.0. The lowest BCUT2D eigenvalue weighted by Gasteiger charge is -2.54.